The minimum Gasteiger partial charge on any atom is -0.303 e. The first kappa shape index (κ1) is 24.8. The second-order valence-corrected chi connectivity index (χ2v) is 11.6. The highest BCUT2D eigenvalue weighted by molar-refractivity contribution is 5.81. The summed E-state index contributed by atoms with van der Waals surface area (Å²) in [6, 6.07) is 8.98. The van der Waals surface area contributed by atoms with Crippen LogP contribution in [0.25, 0.3) is 10.9 Å². The van der Waals surface area contributed by atoms with Crippen molar-refractivity contribution in [2.75, 3.05) is 19.6 Å². The van der Waals surface area contributed by atoms with E-state index in [1.54, 1.807) is 0 Å². The summed E-state index contributed by atoms with van der Waals surface area (Å²) in [5, 5.41) is 6.59. The van der Waals surface area contributed by atoms with Crippen molar-refractivity contribution in [1.82, 2.24) is 14.7 Å². The number of likely N-dealkylation sites (tertiary alicyclic amines) is 1. The Morgan fingerprint density at radius 1 is 0.909 bits per heavy atom. The average Bonchev–Trinajstić information content (AvgIpc) is 3.17. The average molecular weight is 452 g/mol. The molecule has 2 unspecified atom stereocenters. The van der Waals surface area contributed by atoms with Crippen molar-refractivity contribution in [2.45, 2.75) is 105 Å². The smallest absolute Gasteiger partial charge is 0.0703 e. The molecule has 1 saturated heterocycles. The molecule has 3 fully saturated rings. The van der Waals surface area contributed by atoms with Gasteiger partial charge < -0.3 is 4.90 Å². The number of para-hydroxylation sites is 1. The van der Waals surface area contributed by atoms with Crippen LogP contribution >= 0.6 is 0 Å². The normalized spacial score (nSPS) is 30.1. The van der Waals surface area contributed by atoms with Crippen molar-refractivity contribution in [3.8, 4) is 0 Å². The van der Waals surface area contributed by atoms with Gasteiger partial charge >= 0.3 is 0 Å². The number of fused-ring (bicyclic) bond motifs is 3. The molecule has 184 valence electrons. The van der Waals surface area contributed by atoms with E-state index in [1.165, 1.54) is 100 Å². The number of hydrogen-bond acceptors (Lipinski definition) is 2. The third-order valence-electron chi connectivity index (χ3n) is 8.68. The van der Waals surface area contributed by atoms with Gasteiger partial charge in [0.25, 0.3) is 0 Å². The Morgan fingerprint density at radius 2 is 1.61 bits per heavy atom. The molecule has 2 bridgehead atoms. The minimum atomic E-state index is 0.571. The number of hydrogen-bond donors (Lipinski definition) is 0. The van der Waals surface area contributed by atoms with Crippen LogP contribution in [0, 0.1) is 23.2 Å². The first-order valence-electron chi connectivity index (χ1n) is 14.3. The van der Waals surface area contributed by atoms with Crippen LogP contribution in [0.1, 0.15) is 97.6 Å². The third kappa shape index (κ3) is 6.02. The van der Waals surface area contributed by atoms with Gasteiger partial charge in [-0.05, 0) is 113 Å². The van der Waals surface area contributed by atoms with Crippen LogP contribution in [0.15, 0.2) is 24.3 Å². The lowest BCUT2D eigenvalue weighted by molar-refractivity contribution is 0.00784. The summed E-state index contributed by atoms with van der Waals surface area (Å²) < 4.78 is 2.37. The van der Waals surface area contributed by atoms with E-state index in [9.17, 15) is 0 Å². The number of rotatable bonds is 7. The summed E-state index contributed by atoms with van der Waals surface area (Å²) in [5.41, 5.74) is 3.26. The molecule has 3 nitrogen and oxygen atoms in total. The lowest BCUT2D eigenvalue weighted by Gasteiger charge is -2.50. The van der Waals surface area contributed by atoms with E-state index in [-0.39, 0.29) is 0 Å². The van der Waals surface area contributed by atoms with E-state index in [0.717, 1.165) is 30.7 Å². The molecule has 2 saturated carbocycles. The molecule has 1 aromatic heterocycles. The van der Waals surface area contributed by atoms with Gasteiger partial charge in [-0.1, -0.05) is 52.3 Å². The Morgan fingerprint density at radius 3 is 2.33 bits per heavy atom. The van der Waals surface area contributed by atoms with Crippen LogP contribution in [0.5, 0.6) is 0 Å². The zero-order valence-corrected chi connectivity index (χ0v) is 22.0. The standard InChI is InChI=1S/C28H43N3.C2H6/c1-22-17-24-18-23(2)20-28(19-22,21-24)12-16-31-27-11-5-4-9-25(27)26(29-31)10-8-15-30-13-6-3-7-14-30;1-2/h4-5,9,11,22-24H,3,6-8,10,12-21H2,1-2H3;1-2H3. The van der Waals surface area contributed by atoms with Crippen LogP contribution in [0.3, 0.4) is 0 Å². The quantitative estimate of drug-likeness (QED) is 0.429. The molecule has 3 aliphatic rings. The van der Waals surface area contributed by atoms with Crippen molar-refractivity contribution < 1.29 is 0 Å². The summed E-state index contributed by atoms with van der Waals surface area (Å²) in [7, 11) is 0. The molecular formula is C30H49N3. The zero-order chi connectivity index (χ0) is 23.3. The molecule has 2 aromatic rings. The summed E-state index contributed by atoms with van der Waals surface area (Å²) in [6.45, 7) is 13.9. The highest BCUT2D eigenvalue weighted by Crippen LogP contribution is 2.54. The van der Waals surface area contributed by atoms with Crippen LogP contribution in [0.4, 0.5) is 0 Å². The number of benzene rings is 1. The van der Waals surface area contributed by atoms with E-state index in [4.69, 9.17) is 5.10 Å². The highest BCUT2D eigenvalue weighted by atomic mass is 15.3. The Kier molecular flexibility index (Phi) is 8.54. The van der Waals surface area contributed by atoms with Crippen LogP contribution in [0.2, 0.25) is 0 Å². The van der Waals surface area contributed by atoms with Crippen LogP contribution < -0.4 is 0 Å². The Labute approximate surface area is 203 Å². The maximum Gasteiger partial charge on any atom is 0.0703 e. The van der Waals surface area contributed by atoms with Crippen LogP contribution in [-0.4, -0.2) is 34.3 Å². The zero-order valence-electron chi connectivity index (χ0n) is 22.0. The second-order valence-electron chi connectivity index (χ2n) is 11.6. The van der Waals surface area contributed by atoms with E-state index < -0.39 is 0 Å². The van der Waals surface area contributed by atoms with E-state index in [1.807, 2.05) is 13.8 Å². The van der Waals surface area contributed by atoms with Crippen molar-refractivity contribution in [3.05, 3.63) is 30.0 Å². The summed E-state index contributed by atoms with van der Waals surface area (Å²) in [5.74, 6) is 2.80. The Hall–Kier alpha value is -1.35. The first-order chi connectivity index (χ1) is 16.1. The molecule has 1 aromatic carbocycles. The van der Waals surface area contributed by atoms with Gasteiger partial charge in [0.15, 0.2) is 0 Å². The Bertz CT molecular complexity index is 843. The fraction of sp³-hybridized carbons (Fsp3) is 0.767. The third-order valence-corrected chi connectivity index (χ3v) is 8.68. The topological polar surface area (TPSA) is 21.1 Å². The number of aromatic nitrogens is 2. The van der Waals surface area contributed by atoms with Gasteiger partial charge in [-0.25, -0.2) is 0 Å². The number of nitrogens with zero attached hydrogens (tertiary/aromatic N) is 3. The molecule has 5 rings (SSSR count). The predicted molar refractivity (Wildman–Crippen MR) is 142 cm³/mol. The SMILES string of the molecule is CC.CC1CC2CC(C)CC(CCn3nc(CCCN4CCCCC4)c4ccccc43)(C1)C2. The fourth-order valence-corrected chi connectivity index (χ4v) is 7.76. The molecule has 2 aliphatic carbocycles. The van der Waals surface area contributed by atoms with Gasteiger partial charge in [0.1, 0.15) is 0 Å². The fourth-order valence-electron chi connectivity index (χ4n) is 7.76. The molecule has 0 amide bonds. The minimum absolute atomic E-state index is 0.571. The molecule has 3 heteroatoms. The molecular weight excluding hydrogens is 402 g/mol. The van der Waals surface area contributed by atoms with Crippen molar-refractivity contribution in [3.63, 3.8) is 0 Å². The monoisotopic (exact) mass is 451 g/mol. The van der Waals surface area contributed by atoms with E-state index in [0.29, 0.717) is 5.41 Å². The van der Waals surface area contributed by atoms with Gasteiger partial charge in [-0.15, -0.1) is 0 Å². The van der Waals surface area contributed by atoms with Crippen molar-refractivity contribution in [1.29, 1.82) is 0 Å². The van der Waals surface area contributed by atoms with Crippen molar-refractivity contribution in [2.24, 2.45) is 23.2 Å². The molecule has 0 radical (unpaired) electrons. The van der Waals surface area contributed by atoms with Gasteiger partial charge in [0, 0.05) is 11.9 Å². The van der Waals surface area contributed by atoms with Gasteiger partial charge in [0.2, 0.25) is 0 Å². The van der Waals surface area contributed by atoms with Crippen LogP contribution in [-0.2, 0) is 13.0 Å². The maximum absolute atomic E-state index is 5.20. The molecule has 33 heavy (non-hydrogen) atoms. The van der Waals surface area contributed by atoms with Gasteiger partial charge in [-0.3, -0.25) is 4.68 Å². The van der Waals surface area contributed by atoms with Crippen molar-refractivity contribution >= 4 is 10.9 Å². The highest BCUT2D eigenvalue weighted by Gasteiger charge is 2.43. The molecule has 1 aliphatic heterocycles. The summed E-state index contributed by atoms with van der Waals surface area (Å²) >= 11 is 0. The number of piperidine rings is 1. The lowest BCUT2D eigenvalue weighted by Crippen LogP contribution is -2.39. The molecule has 0 N–H and O–H groups in total. The molecule has 2 heterocycles. The molecule has 0 spiro atoms. The molecule has 2 atom stereocenters. The van der Waals surface area contributed by atoms with E-state index in [2.05, 4.69) is 47.7 Å². The van der Waals surface area contributed by atoms with Gasteiger partial charge in [0.05, 0.1) is 11.2 Å². The maximum atomic E-state index is 5.20. The predicted octanol–water partition coefficient (Wildman–Crippen LogP) is 7.72. The van der Waals surface area contributed by atoms with E-state index >= 15 is 0 Å². The summed E-state index contributed by atoms with van der Waals surface area (Å²) in [6.07, 6.45) is 15.2. The Balaban J connectivity index is 0.00000126. The number of aryl methyl sites for hydroxylation is 2. The summed E-state index contributed by atoms with van der Waals surface area (Å²) in [4.78, 5) is 2.66. The second kappa shape index (κ2) is 11.4. The first-order valence-corrected chi connectivity index (χ1v) is 14.3. The largest absolute Gasteiger partial charge is 0.303 e. The van der Waals surface area contributed by atoms with Gasteiger partial charge in [-0.2, -0.15) is 5.10 Å². The lowest BCUT2D eigenvalue weighted by atomic mass is 9.56.